The summed E-state index contributed by atoms with van der Waals surface area (Å²) in [4.78, 5) is 24.0. The molecule has 1 unspecified atom stereocenters. The number of likely N-dealkylation sites (tertiary alicyclic amines) is 1. The van der Waals surface area contributed by atoms with Gasteiger partial charge in [-0.1, -0.05) is 12.8 Å². The predicted octanol–water partition coefficient (Wildman–Crippen LogP) is 1.38. The Balaban J connectivity index is 1.93. The maximum absolute atomic E-state index is 13.0. The lowest BCUT2D eigenvalue weighted by atomic mass is 9.86. The number of alkyl halides is 3. The molecule has 0 bridgehead atoms. The number of halogens is 3. The minimum absolute atomic E-state index is 0.0295. The largest absolute Gasteiger partial charge is 0.481 e. The normalized spacial score (nSPS) is 27.3. The number of amides is 1. The molecule has 2 fully saturated rings. The van der Waals surface area contributed by atoms with Crippen molar-refractivity contribution in [1.82, 2.24) is 10.2 Å². The number of carbonyl (C=O) groups excluding carboxylic acids is 1. The molecule has 0 radical (unpaired) electrons. The van der Waals surface area contributed by atoms with Crippen molar-refractivity contribution in [3.63, 3.8) is 0 Å². The number of hydrogen-bond donors (Lipinski definition) is 2. The monoisotopic (exact) mass is 308 g/mol. The summed E-state index contributed by atoms with van der Waals surface area (Å²) >= 11 is 0. The van der Waals surface area contributed by atoms with Gasteiger partial charge in [-0.25, -0.2) is 0 Å². The van der Waals surface area contributed by atoms with E-state index in [0.29, 0.717) is 0 Å². The fraction of sp³-hybridized carbons (Fsp3) is 0.846. The van der Waals surface area contributed by atoms with Crippen LogP contribution in [0.2, 0.25) is 0 Å². The van der Waals surface area contributed by atoms with E-state index in [2.05, 4.69) is 5.32 Å². The molecule has 2 N–H and O–H groups in total. The van der Waals surface area contributed by atoms with Gasteiger partial charge in [0.25, 0.3) is 0 Å². The van der Waals surface area contributed by atoms with E-state index in [1.54, 1.807) is 0 Å². The summed E-state index contributed by atoms with van der Waals surface area (Å²) in [6.07, 6.45) is -1.32. The van der Waals surface area contributed by atoms with E-state index >= 15 is 0 Å². The van der Waals surface area contributed by atoms with Gasteiger partial charge in [-0.15, -0.1) is 0 Å². The van der Waals surface area contributed by atoms with E-state index in [1.807, 2.05) is 0 Å². The summed E-state index contributed by atoms with van der Waals surface area (Å²) in [6, 6.07) is 0.239. The van der Waals surface area contributed by atoms with Crippen LogP contribution in [0.3, 0.4) is 0 Å². The highest BCUT2D eigenvalue weighted by Crippen LogP contribution is 2.45. The van der Waals surface area contributed by atoms with Crippen molar-refractivity contribution < 1.29 is 27.9 Å². The van der Waals surface area contributed by atoms with E-state index < -0.39 is 36.4 Å². The fourth-order valence-electron chi connectivity index (χ4n) is 3.02. The van der Waals surface area contributed by atoms with Gasteiger partial charge in [0.2, 0.25) is 5.91 Å². The van der Waals surface area contributed by atoms with Gasteiger partial charge >= 0.3 is 12.1 Å². The van der Waals surface area contributed by atoms with E-state index in [9.17, 15) is 22.8 Å². The Morgan fingerprint density at radius 2 is 1.90 bits per heavy atom. The standard InChI is InChI=1S/C13H19F3N2O3/c14-13(15,16)12(11(20)21)5-6-18(8-12)10(19)7-17-9-3-1-2-4-9/h9,17H,1-8H2,(H,20,21). The number of carboxylic acid groups (broad SMARTS) is 1. The molecule has 1 atom stereocenters. The minimum Gasteiger partial charge on any atom is -0.481 e. The second-order valence-corrected chi connectivity index (χ2v) is 5.81. The molecule has 120 valence electrons. The first-order valence-corrected chi connectivity index (χ1v) is 7.07. The lowest BCUT2D eigenvalue weighted by Gasteiger charge is -2.27. The molecule has 1 saturated carbocycles. The molecule has 2 rings (SSSR count). The number of rotatable bonds is 4. The lowest BCUT2D eigenvalue weighted by molar-refractivity contribution is -0.227. The Morgan fingerprint density at radius 1 is 1.29 bits per heavy atom. The molecule has 5 nitrogen and oxygen atoms in total. The first kappa shape index (κ1) is 16.1. The third kappa shape index (κ3) is 3.14. The van der Waals surface area contributed by atoms with Crippen molar-refractivity contribution in [2.45, 2.75) is 44.3 Å². The summed E-state index contributed by atoms with van der Waals surface area (Å²) in [7, 11) is 0. The summed E-state index contributed by atoms with van der Waals surface area (Å²) in [5, 5.41) is 12.0. The second-order valence-electron chi connectivity index (χ2n) is 5.81. The number of nitrogens with zero attached hydrogens (tertiary/aromatic N) is 1. The Labute approximate surface area is 120 Å². The molecule has 0 aromatic heterocycles. The van der Waals surface area contributed by atoms with Crippen molar-refractivity contribution in [3.8, 4) is 0 Å². The van der Waals surface area contributed by atoms with Crippen molar-refractivity contribution in [3.05, 3.63) is 0 Å². The minimum atomic E-state index is -4.85. The predicted molar refractivity (Wildman–Crippen MR) is 67.6 cm³/mol. The van der Waals surface area contributed by atoms with E-state index in [1.165, 1.54) is 0 Å². The van der Waals surface area contributed by atoms with Crippen LogP contribution in [0.1, 0.15) is 32.1 Å². The molecule has 8 heteroatoms. The van der Waals surface area contributed by atoms with Gasteiger partial charge in [-0.3, -0.25) is 9.59 Å². The van der Waals surface area contributed by atoms with Gasteiger partial charge in [-0.2, -0.15) is 13.2 Å². The van der Waals surface area contributed by atoms with Gasteiger partial charge in [0.15, 0.2) is 5.41 Å². The van der Waals surface area contributed by atoms with Crippen molar-refractivity contribution >= 4 is 11.9 Å². The number of carbonyl (C=O) groups is 2. The third-order valence-electron chi connectivity index (χ3n) is 4.47. The smallest absolute Gasteiger partial charge is 0.406 e. The topological polar surface area (TPSA) is 69.6 Å². The highest BCUT2D eigenvalue weighted by molar-refractivity contribution is 5.82. The molecule has 0 aromatic carbocycles. The van der Waals surface area contributed by atoms with Crippen LogP contribution >= 0.6 is 0 Å². The molecular formula is C13H19F3N2O3. The molecule has 0 spiro atoms. The number of aliphatic carboxylic acids is 1. The highest BCUT2D eigenvalue weighted by atomic mass is 19.4. The van der Waals surface area contributed by atoms with Crippen LogP contribution in [-0.4, -0.2) is 53.7 Å². The molecule has 1 saturated heterocycles. The van der Waals surface area contributed by atoms with E-state index in [-0.39, 0.29) is 19.1 Å². The fourth-order valence-corrected chi connectivity index (χ4v) is 3.02. The van der Waals surface area contributed by atoms with Gasteiger partial charge in [0.05, 0.1) is 6.54 Å². The SMILES string of the molecule is O=C(CNC1CCCC1)N1CCC(C(=O)O)(C(F)(F)F)C1. The molecule has 0 aromatic rings. The number of nitrogens with one attached hydrogen (secondary N) is 1. The maximum Gasteiger partial charge on any atom is 0.406 e. The van der Waals surface area contributed by atoms with Crippen molar-refractivity contribution in [2.75, 3.05) is 19.6 Å². The van der Waals surface area contributed by atoms with Crippen LogP contribution in [0.25, 0.3) is 0 Å². The zero-order chi connectivity index (χ0) is 15.7. The molecule has 1 aliphatic heterocycles. The zero-order valence-corrected chi connectivity index (χ0v) is 11.6. The summed E-state index contributed by atoms with van der Waals surface area (Å²) in [6.45, 7) is -0.994. The maximum atomic E-state index is 13.0. The van der Waals surface area contributed by atoms with Crippen LogP contribution in [0.15, 0.2) is 0 Å². The highest BCUT2D eigenvalue weighted by Gasteiger charge is 2.64. The molecule has 1 aliphatic carbocycles. The Kier molecular flexibility index (Phi) is 4.46. The van der Waals surface area contributed by atoms with Crippen LogP contribution in [0.4, 0.5) is 13.2 Å². The Bertz CT molecular complexity index is 421. The first-order chi connectivity index (χ1) is 9.76. The number of hydrogen-bond acceptors (Lipinski definition) is 3. The molecule has 21 heavy (non-hydrogen) atoms. The van der Waals surface area contributed by atoms with Crippen LogP contribution < -0.4 is 5.32 Å². The van der Waals surface area contributed by atoms with Gasteiger partial charge in [0.1, 0.15) is 0 Å². The van der Waals surface area contributed by atoms with E-state index in [0.717, 1.165) is 30.6 Å². The summed E-state index contributed by atoms with van der Waals surface area (Å²) in [5.74, 6) is -2.37. The van der Waals surface area contributed by atoms with Gasteiger partial charge in [-0.05, 0) is 19.3 Å². The average Bonchev–Trinajstić information content (AvgIpc) is 3.04. The first-order valence-electron chi connectivity index (χ1n) is 7.07. The summed E-state index contributed by atoms with van der Waals surface area (Å²) in [5.41, 5.74) is -2.82. The second kappa shape index (κ2) is 5.82. The summed E-state index contributed by atoms with van der Waals surface area (Å²) < 4.78 is 39.0. The average molecular weight is 308 g/mol. The van der Waals surface area contributed by atoms with Crippen LogP contribution in [-0.2, 0) is 9.59 Å². The Hall–Kier alpha value is -1.31. The molecule has 2 aliphatic rings. The van der Waals surface area contributed by atoms with Gasteiger partial charge in [0, 0.05) is 19.1 Å². The van der Waals surface area contributed by atoms with Gasteiger partial charge < -0.3 is 15.3 Å². The quantitative estimate of drug-likeness (QED) is 0.823. The Morgan fingerprint density at radius 3 is 2.38 bits per heavy atom. The zero-order valence-electron chi connectivity index (χ0n) is 11.6. The van der Waals surface area contributed by atoms with Crippen LogP contribution in [0.5, 0.6) is 0 Å². The van der Waals surface area contributed by atoms with Crippen molar-refractivity contribution in [2.24, 2.45) is 5.41 Å². The number of carboxylic acids is 1. The molecule has 1 amide bonds. The lowest BCUT2D eigenvalue weighted by Crippen LogP contribution is -2.48. The van der Waals surface area contributed by atoms with E-state index in [4.69, 9.17) is 5.11 Å². The third-order valence-corrected chi connectivity index (χ3v) is 4.47. The molecule has 1 heterocycles. The molecular weight excluding hydrogens is 289 g/mol. The van der Waals surface area contributed by atoms with Crippen molar-refractivity contribution in [1.29, 1.82) is 0 Å². The van der Waals surface area contributed by atoms with Crippen LogP contribution in [0, 0.1) is 5.41 Å².